The first-order valence-electron chi connectivity index (χ1n) is 5.61. The molecule has 19 heavy (non-hydrogen) atoms. The van der Waals surface area contributed by atoms with E-state index in [2.05, 4.69) is 0 Å². The third-order valence-electron chi connectivity index (χ3n) is 2.65. The van der Waals surface area contributed by atoms with E-state index in [1.165, 1.54) is 11.8 Å². The maximum absolute atomic E-state index is 12.4. The highest BCUT2D eigenvalue weighted by atomic mass is 32.2. The lowest BCUT2D eigenvalue weighted by Crippen LogP contribution is -2.27. The fourth-order valence-electron chi connectivity index (χ4n) is 1.78. The van der Waals surface area contributed by atoms with E-state index in [0.29, 0.717) is 9.23 Å². The summed E-state index contributed by atoms with van der Waals surface area (Å²) in [5, 5.41) is 0. The van der Waals surface area contributed by atoms with Crippen molar-refractivity contribution in [2.45, 2.75) is 0 Å². The second kappa shape index (κ2) is 5.03. The van der Waals surface area contributed by atoms with Crippen LogP contribution in [-0.4, -0.2) is 10.2 Å². The molecule has 3 nitrogen and oxygen atoms in total. The maximum Gasteiger partial charge on any atom is 0.270 e. The Morgan fingerprint density at radius 1 is 1.21 bits per heavy atom. The van der Waals surface area contributed by atoms with Crippen LogP contribution in [0, 0.1) is 0 Å². The van der Waals surface area contributed by atoms with Crippen LogP contribution in [0.3, 0.4) is 0 Å². The molecule has 3 rings (SSSR count). The van der Waals surface area contributed by atoms with Gasteiger partial charge in [-0.15, -0.1) is 0 Å². The van der Waals surface area contributed by atoms with Crippen molar-refractivity contribution in [1.29, 1.82) is 0 Å². The molecule has 1 fully saturated rings. The molecule has 94 valence electrons. The average Bonchev–Trinajstić information content (AvgIpc) is 3.01. The Kier molecular flexibility index (Phi) is 3.23. The monoisotopic (exact) mass is 287 g/mol. The molecule has 2 heterocycles. The van der Waals surface area contributed by atoms with E-state index in [4.69, 9.17) is 16.6 Å². The van der Waals surface area contributed by atoms with E-state index in [9.17, 15) is 4.79 Å². The van der Waals surface area contributed by atoms with Crippen LogP contribution in [0.2, 0.25) is 0 Å². The fourth-order valence-corrected chi connectivity index (χ4v) is 3.07. The number of thiocarbonyl (C=S) groups is 1. The number of carbonyl (C=O) groups excluding carboxylic acids is 1. The van der Waals surface area contributed by atoms with Gasteiger partial charge in [0.25, 0.3) is 5.91 Å². The zero-order valence-corrected chi connectivity index (χ0v) is 11.4. The van der Waals surface area contributed by atoms with Crippen LogP contribution in [0.15, 0.2) is 58.2 Å². The van der Waals surface area contributed by atoms with E-state index >= 15 is 0 Å². The summed E-state index contributed by atoms with van der Waals surface area (Å²) < 4.78 is 5.53. The summed E-state index contributed by atoms with van der Waals surface area (Å²) in [6.07, 6.45) is 4.95. The maximum atomic E-state index is 12.4. The van der Waals surface area contributed by atoms with Gasteiger partial charge < -0.3 is 4.42 Å². The number of amides is 1. The van der Waals surface area contributed by atoms with Gasteiger partial charge in [0.2, 0.25) is 0 Å². The van der Waals surface area contributed by atoms with Crippen molar-refractivity contribution in [3.8, 4) is 0 Å². The zero-order valence-electron chi connectivity index (χ0n) is 9.78. The molecule has 1 aromatic heterocycles. The van der Waals surface area contributed by atoms with E-state index < -0.39 is 0 Å². The molecule has 0 atom stereocenters. The largest absolute Gasteiger partial charge is 0.472 e. The summed E-state index contributed by atoms with van der Waals surface area (Å²) in [7, 11) is 0. The molecule has 2 aromatic rings. The molecule has 0 bridgehead atoms. The third kappa shape index (κ3) is 2.34. The molecule has 1 aliphatic rings. The van der Waals surface area contributed by atoms with Crippen molar-refractivity contribution in [1.82, 2.24) is 0 Å². The quantitative estimate of drug-likeness (QED) is 0.623. The van der Waals surface area contributed by atoms with Gasteiger partial charge >= 0.3 is 0 Å². The van der Waals surface area contributed by atoms with Gasteiger partial charge in [0.1, 0.15) is 0 Å². The Bertz CT molecular complexity index is 647. The van der Waals surface area contributed by atoms with Crippen LogP contribution in [0.5, 0.6) is 0 Å². The van der Waals surface area contributed by atoms with Gasteiger partial charge in [0.05, 0.1) is 23.1 Å². The first kappa shape index (κ1) is 12.2. The summed E-state index contributed by atoms with van der Waals surface area (Å²) in [5.74, 6) is -0.0950. The zero-order chi connectivity index (χ0) is 13.2. The fraction of sp³-hybridized carbons (Fsp3) is 0. The van der Waals surface area contributed by atoms with Crippen molar-refractivity contribution in [2.75, 3.05) is 4.90 Å². The standard InChI is InChI=1S/C14H9NO2S2/c16-13-12(8-10-6-7-17-9-10)19-14(18)15(13)11-4-2-1-3-5-11/h1-9H/b12-8+. The summed E-state index contributed by atoms with van der Waals surface area (Å²) in [6, 6.07) is 11.2. The summed E-state index contributed by atoms with van der Waals surface area (Å²) in [5.41, 5.74) is 1.65. The lowest BCUT2D eigenvalue weighted by Gasteiger charge is -2.13. The van der Waals surface area contributed by atoms with Crippen molar-refractivity contribution < 1.29 is 9.21 Å². The molecular weight excluding hydrogens is 278 g/mol. The summed E-state index contributed by atoms with van der Waals surface area (Å²) in [4.78, 5) is 14.5. The normalized spacial score (nSPS) is 17.5. The number of nitrogens with zero attached hydrogens (tertiary/aromatic N) is 1. The Morgan fingerprint density at radius 2 is 2.00 bits per heavy atom. The number of thioether (sulfide) groups is 1. The van der Waals surface area contributed by atoms with Crippen LogP contribution in [0.25, 0.3) is 6.08 Å². The molecule has 0 aliphatic carbocycles. The molecule has 1 aromatic carbocycles. The van der Waals surface area contributed by atoms with Crippen LogP contribution in [-0.2, 0) is 4.79 Å². The number of benzene rings is 1. The van der Waals surface area contributed by atoms with Gasteiger partial charge in [0, 0.05) is 5.56 Å². The molecule has 0 radical (unpaired) electrons. The lowest BCUT2D eigenvalue weighted by atomic mass is 10.2. The van der Waals surface area contributed by atoms with Gasteiger partial charge in [-0.1, -0.05) is 42.2 Å². The third-order valence-corrected chi connectivity index (χ3v) is 3.95. The molecule has 1 saturated heterocycles. The predicted molar refractivity (Wildman–Crippen MR) is 80.8 cm³/mol. The molecule has 0 unspecified atom stereocenters. The van der Waals surface area contributed by atoms with Crippen molar-refractivity contribution in [3.63, 3.8) is 0 Å². The topological polar surface area (TPSA) is 33.5 Å². The number of hydrogen-bond donors (Lipinski definition) is 0. The van der Waals surface area contributed by atoms with Crippen LogP contribution >= 0.6 is 24.0 Å². The summed E-state index contributed by atoms with van der Waals surface area (Å²) in [6.45, 7) is 0. The first-order chi connectivity index (χ1) is 9.25. The minimum atomic E-state index is -0.0950. The summed E-state index contributed by atoms with van der Waals surface area (Å²) >= 11 is 6.58. The van der Waals surface area contributed by atoms with E-state index in [1.807, 2.05) is 30.3 Å². The number of carbonyl (C=O) groups is 1. The number of anilines is 1. The van der Waals surface area contributed by atoms with E-state index in [0.717, 1.165) is 11.3 Å². The Morgan fingerprint density at radius 3 is 2.68 bits per heavy atom. The highest BCUT2D eigenvalue weighted by molar-refractivity contribution is 8.27. The number of hydrogen-bond acceptors (Lipinski definition) is 4. The van der Waals surface area contributed by atoms with Crippen molar-refractivity contribution >= 4 is 46.0 Å². The first-order valence-corrected chi connectivity index (χ1v) is 6.83. The van der Waals surface area contributed by atoms with Gasteiger partial charge in [-0.3, -0.25) is 9.69 Å². The van der Waals surface area contributed by atoms with E-state index in [-0.39, 0.29) is 5.91 Å². The van der Waals surface area contributed by atoms with E-state index in [1.54, 1.807) is 29.6 Å². The molecule has 5 heteroatoms. The van der Waals surface area contributed by atoms with Crippen LogP contribution in [0.4, 0.5) is 5.69 Å². The Hall–Kier alpha value is -1.85. The minimum absolute atomic E-state index is 0.0950. The highest BCUT2D eigenvalue weighted by Gasteiger charge is 2.33. The number of rotatable bonds is 2. The minimum Gasteiger partial charge on any atom is -0.472 e. The van der Waals surface area contributed by atoms with Crippen LogP contribution in [0.1, 0.15) is 5.56 Å². The Labute approximate surface area is 119 Å². The number of furan rings is 1. The van der Waals surface area contributed by atoms with Gasteiger partial charge in [-0.05, 0) is 24.3 Å². The van der Waals surface area contributed by atoms with Gasteiger partial charge in [0.15, 0.2) is 4.32 Å². The smallest absolute Gasteiger partial charge is 0.270 e. The second-order valence-corrected chi connectivity index (χ2v) is 5.59. The van der Waals surface area contributed by atoms with Gasteiger partial charge in [-0.2, -0.15) is 0 Å². The highest BCUT2D eigenvalue weighted by Crippen LogP contribution is 2.35. The molecule has 0 N–H and O–H groups in total. The van der Waals surface area contributed by atoms with Crippen LogP contribution < -0.4 is 4.90 Å². The molecule has 1 amide bonds. The molecule has 0 saturated carbocycles. The molecule has 1 aliphatic heterocycles. The van der Waals surface area contributed by atoms with Crippen molar-refractivity contribution in [3.05, 3.63) is 59.4 Å². The molecular formula is C14H9NO2S2. The lowest BCUT2D eigenvalue weighted by molar-refractivity contribution is -0.113. The number of para-hydroxylation sites is 1. The Balaban J connectivity index is 1.94. The molecule has 0 spiro atoms. The SMILES string of the molecule is O=C1/C(=C\c2ccoc2)SC(=S)N1c1ccccc1. The predicted octanol–water partition coefficient (Wildman–Crippen LogP) is 3.69. The average molecular weight is 287 g/mol. The second-order valence-electron chi connectivity index (χ2n) is 3.91. The van der Waals surface area contributed by atoms with Crippen molar-refractivity contribution in [2.24, 2.45) is 0 Å². The van der Waals surface area contributed by atoms with Gasteiger partial charge in [-0.25, -0.2) is 0 Å².